The molecule has 27 heavy (non-hydrogen) atoms. The van der Waals surface area contributed by atoms with Gasteiger partial charge in [-0.05, 0) is 36.5 Å². The molecule has 2 aliphatic carbocycles. The lowest BCUT2D eigenvalue weighted by Crippen LogP contribution is -2.49. The second-order valence-electron chi connectivity index (χ2n) is 8.06. The number of ether oxygens (including phenoxy) is 1. The molecule has 0 radical (unpaired) electrons. The second-order valence-corrected chi connectivity index (χ2v) is 8.06. The summed E-state index contributed by atoms with van der Waals surface area (Å²) in [5.74, 6) is 1.32. The zero-order chi connectivity index (χ0) is 18.4. The van der Waals surface area contributed by atoms with Gasteiger partial charge in [-0.3, -0.25) is 4.79 Å². The van der Waals surface area contributed by atoms with Gasteiger partial charge >= 0.3 is 0 Å². The van der Waals surface area contributed by atoms with Gasteiger partial charge in [0.2, 0.25) is 5.91 Å². The van der Waals surface area contributed by atoms with E-state index >= 15 is 0 Å². The molecule has 1 spiro atoms. The molecular formula is C23H26N2O2. The molecule has 140 valence electrons. The van der Waals surface area contributed by atoms with Crippen LogP contribution in [0.25, 0.3) is 0 Å². The Kier molecular flexibility index (Phi) is 3.97. The predicted molar refractivity (Wildman–Crippen MR) is 105 cm³/mol. The van der Waals surface area contributed by atoms with Gasteiger partial charge in [0.15, 0.2) is 0 Å². The maximum atomic E-state index is 13.6. The standard InChI is InChI=1S/C23H26N2O2/c1-27-21-9-5-3-7-17(21)20-15-24-12-13-25(20)22(26)19-14-23(19)11-10-16-6-2-4-8-18(16)23/h2-9,19-20,24H,10-15H2,1H3. The Morgan fingerprint density at radius 3 is 2.89 bits per heavy atom. The van der Waals surface area contributed by atoms with Crippen molar-refractivity contribution >= 4 is 5.91 Å². The summed E-state index contributed by atoms with van der Waals surface area (Å²) in [6.45, 7) is 2.39. The molecule has 2 aromatic rings. The molecule has 2 aromatic carbocycles. The van der Waals surface area contributed by atoms with Crippen LogP contribution in [0, 0.1) is 5.92 Å². The Hall–Kier alpha value is -2.33. The number of para-hydroxylation sites is 1. The molecule has 1 N–H and O–H groups in total. The van der Waals surface area contributed by atoms with Gasteiger partial charge in [0.25, 0.3) is 0 Å². The molecule has 1 saturated heterocycles. The average Bonchev–Trinajstić information content (AvgIpc) is 3.35. The van der Waals surface area contributed by atoms with E-state index in [2.05, 4.69) is 40.5 Å². The minimum absolute atomic E-state index is 0.0386. The summed E-state index contributed by atoms with van der Waals surface area (Å²) in [5.41, 5.74) is 4.06. The summed E-state index contributed by atoms with van der Waals surface area (Å²) < 4.78 is 5.58. The van der Waals surface area contributed by atoms with Crippen LogP contribution in [0.5, 0.6) is 5.75 Å². The van der Waals surface area contributed by atoms with Crippen LogP contribution >= 0.6 is 0 Å². The minimum atomic E-state index is 0.0386. The van der Waals surface area contributed by atoms with Gasteiger partial charge in [0.1, 0.15) is 5.75 Å². The van der Waals surface area contributed by atoms with Gasteiger partial charge in [0, 0.05) is 36.5 Å². The van der Waals surface area contributed by atoms with Crippen LogP contribution in [0.15, 0.2) is 48.5 Å². The molecule has 1 saturated carbocycles. The fraction of sp³-hybridized carbons (Fsp3) is 0.435. The summed E-state index contributed by atoms with van der Waals surface area (Å²) >= 11 is 0. The van der Waals surface area contributed by atoms with Crippen LogP contribution in [-0.4, -0.2) is 37.6 Å². The largest absolute Gasteiger partial charge is 0.496 e. The molecule has 3 unspecified atom stereocenters. The van der Waals surface area contributed by atoms with Gasteiger partial charge in [0.05, 0.1) is 13.2 Å². The first kappa shape index (κ1) is 16.8. The lowest BCUT2D eigenvalue weighted by Gasteiger charge is -2.37. The van der Waals surface area contributed by atoms with Crippen molar-refractivity contribution in [1.82, 2.24) is 10.2 Å². The van der Waals surface area contributed by atoms with Crippen LogP contribution in [-0.2, 0) is 16.6 Å². The molecule has 0 aromatic heterocycles. The highest BCUT2D eigenvalue weighted by atomic mass is 16.5. The van der Waals surface area contributed by atoms with Gasteiger partial charge in [-0.1, -0.05) is 42.5 Å². The number of hydrogen-bond acceptors (Lipinski definition) is 3. The van der Waals surface area contributed by atoms with Gasteiger partial charge in [-0.2, -0.15) is 0 Å². The number of nitrogens with zero attached hydrogens (tertiary/aromatic N) is 1. The average molecular weight is 362 g/mol. The zero-order valence-electron chi connectivity index (χ0n) is 15.8. The van der Waals surface area contributed by atoms with E-state index in [1.54, 1.807) is 7.11 Å². The maximum absolute atomic E-state index is 13.6. The summed E-state index contributed by atoms with van der Waals surface area (Å²) in [6, 6.07) is 16.8. The highest BCUT2D eigenvalue weighted by Crippen LogP contribution is 2.62. The number of carbonyl (C=O) groups is 1. The Labute approximate surface area is 160 Å². The zero-order valence-corrected chi connectivity index (χ0v) is 15.8. The number of methoxy groups -OCH3 is 1. The molecule has 4 heteroatoms. The van der Waals surface area contributed by atoms with Crippen molar-refractivity contribution in [2.45, 2.75) is 30.7 Å². The van der Waals surface area contributed by atoms with E-state index in [-0.39, 0.29) is 17.4 Å². The van der Waals surface area contributed by atoms with E-state index in [4.69, 9.17) is 4.74 Å². The smallest absolute Gasteiger partial charge is 0.227 e. The predicted octanol–water partition coefficient (Wildman–Crippen LogP) is 3.07. The Morgan fingerprint density at radius 2 is 2.00 bits per heavy atom. The molecular weight excluding hydrogens is 336 g/mol. The van der Waals surface area contributed by atoms with Crippen LogP contribution in [0.3, 0.4) is 0 Å². The number of nitrogens with one attached hydrogen (secondary N) is 1. The van der Waals surface area contributed by atoms with E-state index in [1.165, 1.54) is 11.1 Å². The van der Waals surface area contributed by atoms with Crippen molar-refractivity contribution < 1.29 is 9.53 Å². The monoisotopic (exact) mass is 362 g/mol. The Bertz CT molecular complexity index is 880. The summed E-state index contributed by atoms with van der Waals surface area (Å²) in [4.78, 5) is 15.7. The highest BCUT2D eigenvalue weighted by molar-refractivity contribution is 5.85. The minimum Gasteiger partial charge on any atom is -0.496 e. The first-order valence-electron chi connectivity index (χ1n) is 9.97. The Balaban J connectivity index is 1.43. The lowest BCUT2D eigenvalue weighted by atomic mass is 9.94. The number of hydrogen-bond donors (Lipinski definition) is 1. The molecule has 5 rings (SSSR count). The molecule has 3 atom stereocenters. The van der Waals surface area contributed by atoms with Crippen molar-refractivity contribution in [1.29, 1.82) is 0 Å². The molecule has 4 nitrogen and oxygen atoms in total. The van der Waals surface area contributed by atoms with E-state index in [0.29, 0.717) is 5.91 Å². The van der Waals surface area contributed by atoms with E-state index in [9.17, 15) is 4.79 Å². The topological polar surface area (TPSA) is 41.6 Å². The van der Waals surface area contributed by atoms with Crippen molar-refractivity contribution in [3.8, 4) is 5.75 Å². The summed E-state index contributed by atoms with van der Waals surface area (Å²) in [7, 11) is 1.70. The van der Waals surface area contributed by atoms with Gasteiger partial charge < -0.3 is 15.0 Å². The van der Waals surface area contributed by atoms with Gasteiger partial charge in [-0.25, -0.2) is 0 Å². The fourth-order valence-corrected chi connectivity index (χ4v) is 5.31. The molecule has 1 heterocycles. The third-order valence-electron chi connectivity index (χ3n) is 6.79. The molecule has 3 aliphatic rings. The van der Waals surface area contributed by atoms with Crippen LogP contribution in [0.2, 0.25) is 0 Å². The molecule has 1 aliphatic heterocycles. The van der Waals surface area contributed by atoms with Crippen molar-refractivity contribution in [2.75, 3.05) is 26.7 Å². The quantitative estimate of drug-likeness (QED) is 0.912. The highest BCUT2D eigenvalue weighted by Gasteiger charge is 2.62. The summed E-state index contributed by atoms with van der Waals surface area (Å²) in [6.07, 6.45) is 3.23. The second kappa shape index (κ2) is 6.38. The molecule has 1 amide bonds. The number of rotatable bonds is 3. The van der Waals surface area contributed by atoms with Crippen LogP contribution in [0.4, 0.5) is 0 Å². The SMILES string of the molecule is COc1ccccc1C1CNCCN1C(=O)C1CC12CCc1ccccc12. The lowest BCUT2D eigenvalue weighted by molar-refractivity contribution is -0.136. The third kappa shape index (κ3) is 2.58. The fourth-order valence-electron chi connectivity index (χ4n) is 5.31. The summed E-state index contributed by atoms with van der Waals surface area (Å²) in [5, 5.41) is 3.46. The van der Waals surface area contributed by atoms with Crippen LogP contribution < -0.4 is 10.1 Å². The maximum Gasteiger partial charge on any atom is 0.227 e. The molecule has 2 fully saturated rings. The number of piperazine rings is 1. The van der Waals surface area contributed by atoms with E-state index in [1.807, 2.05) is 18.2 Å². The normalized spacial score (nSPS) is 28.9. The van der Waals surface area contributed by atoms with E-state index < -0.39 is 0 Å². The van der Waals surface area contributed by atoms with Crippen molar-refractivity contribution in [3.05, 3.63) is 65.2 Å². The van der Waals surface area contributed by atoms with Crippen LogP contribution in [0.1, 0.15) is 35.6 Å². The first-order valence-corrected chi connectivity index (χ1v) is 9.97. The molecule has 0 bridgehead atoms. The third-order valence-corrected chi connectivity index (χ3v) is 6.79. The first-order chi connectivity index (χ1) is 13.2. The number of carbonyl (C=O) groups excluding carboxylic acids is 1. The number of fused-ring (bicyclic) bond motifs is 2. The number of benzene rings is 2. The van der Waals surface area contributed by atoms with Crippen molar-refractivity contribution in [2.24, 2.45) is 5.92 Å². The van der Waals surface area contributed by atoms with Crippen molar-refractivity contribution in [3.63, 3.8) is 0 Å². The number of amides is 1. The Morgan fingerprint density at radius 1 is 1.19 bits per heavy atom. The number of aryl methyl sites for hydroxylation is 1. The van der Waals surface area contributed by atoms with E-state index in [0.717, 1.165) is 50.2 Å². The van der Waals surface area contributed by atoms with Gasteiger partial charge in [-0.15, -0.1) is 0 Å².